The van der Waals surface area contributed by atoms with Crippen LogP contribution in [0.25, 0.3) is 11.3 Å². The van der Waals surface area contributed by atoms with Gasteiger partial charge in [0.05, 0.1) is 35.4 Å². The van der Waals surface area contributed by atoms with Gasteiger partial charge in [0.2, 0.25) is 5.91 Å². The van der Waals surface area contributed by atoms with Crippen LogP contribution in [-0.4, -0.2) is 60.9 Å². The maximum Gasteiger partial charge on any atom is 0.224 e. The number of pyridine rings is 2. The summed E-state index contributed by atoms with van der Waals surface area (Å²) in [6.45, 7) is 4.50. The quantitative estimate of drug-likeness (QED) is 0.435. The van der Waals surface area contributed by atoms with E-state index in [1.807, 2.05) is 13.0 Å². The minimum Gasteiger partial charge on any atom is -0.381 e. The zero-order valence-corrected chi connectivity index (χ0v) is 22.3. The Bertz CT molecular complexity index is 1160. The molecule has 5 rings (SSSR count). The largest absolute Gasteiger partial charge is 0.381 e. The number of anilines is 2. The second kappa shape index (κ2) is 11.7. The Kier molecular flexibility index (Phi) is 8.31. The topological polar surface area (TPSA) is 113 Å². The maximum absolute atomic E-state index is 14.6. The van der Waals surface area contributed by atoms with Crippen molar-refractivity contribution in [2.75, 3.05) is 43.6 Å². The summed E-state index contributed by atoms with van der Waals surface area (Å²) in [5.41, 5.74) is 0.587. The van der Waals surface area contributed by atoms with E-state index < -0.39 is 17.1 Å². The average Bonchev–Trinajstić information content (AvgIpc) is 3.37. The summed E-state index contributed by atoms with van der Waals surface area (Å²) in [6.07, 6.45) is 6.72. The summed E-state index contributed by atoms with van der Waals surface area (Å²) in [4.78, 5) is 8.97. The Balaban J connectivity index is 1.23. The lowest BCUT2D eigenvalue weighted by Crippen LogP contribution is -2.50. The third-order valence-electron chi connectivity index (χ3n) is 7.64. The van der Waals surface area contributed by atoms with E-state index in [0.717, 1.165) is 25.7 Å². The molecule has 2 aromatic rings. The molecule has 3 N–H and O–H groups in total. The number of nitrogens with zero attached hydrogens (tertiary/aromatic N) is 3. The van der Waals surface area contributed by atoms with E-state index in [1.54, 1.807) is 12.3 Å². The molecule has 0 bridgehead atoms. The van der Waals surface area contributed by atoms with E-state index in [9.17, 15) is 9.65 Å². The smallest absolute Gasteiger partial charge is 0.224 e. The molecule has 3 aliphatic rings. The van der Waals surface area contributed by atoms with Crippen LogP contribution in [0.1, 0.15) is 45.4 Å². The molecule has 0 amide bonds. The van der Waals surface area contributed by atoms with E-state index in [1.165, 1.54) is 6.07 Å². The zero-order valence-electron chi connectivity index (χ0n) is 21.6. The monoisotopic (exact) mass is 544 g/mol. The Morgan fingerprint density at radius 2 is 1.82 bits per heavy atom. The van der Waals surface area contributed by atoms with Crippen molar-refractivity contribution < 1.29 is 18.6 Å². The van der Waals surface area contributed by atoms with Gasteiger partial charge in [-0.2, -0.15) is 5.26 Å². The minimum absolute atomic E-state index is 0.0979. The molecule has 4 heterocycles. The van der Waals surface area contributed by atoms with Crippen molar-refractivity contribution in [1.82, 2.24) is 15.3 Å². The molecule has 9 nitrogen and oxygen atoms in total. The fourth-order valence-corrected chi connectivity index (χ4v) is 5.53. The van der Waals surface area contributed by atoms with Gasteiger partial charge in [-0.25, -0.2) is 14.4 Å². The molecular weight excluding hydrogens is 511 g/mol. The van der Waals surface area contributed by atoms with E-state index in [4.69, 9.17) is 25.8 Å². The van der Waals surface area contributed by atoms with Crippen molar-refractivity contribution in [1.29, 1.82) is 5.26 Å². The number of ether oxygens (including phenoxy) is 3. The first kappa shape index (κ1) is 27.0. The zero-order chi connectivity index (χ0) is 26.6. The highest BCUT2D eigenvalue weighted by molar-refractivity contribution is 6.33. The van der Waals surface area contributed by atoms with Crippen LogP contribution < -0.4 is 16.0 Å². The molecule has 2 saturated heterocycles. The Morgan fingerprint density at radius 3 is 2.53 bits per heavy atom. The van der Waals surface area contributed by atoms with Gasteiger partial charge in [-0.15, -0.1) is 0 Å². The molecule has 0 atom stereocenters. The summed E-state index contributed by atoms with van der Waals surface area (Å²) >= 11 is 6.49. The number of aromatic nitrogens is 2. The summed E-state index contributed by atoms with van der Waals surface area (Å²) in [5, 5.41) is 20.2. The van der Waals surface area contributed by atoms with Gasteiger partial charge in [0.25, 0.3) is 0 Å². The standard InChI is InChI=1S/C27H34ClFN6O3/c1-26(37-12-13-38-26)35-19-4-2-18(3-5-19)33-24-14-20(21(28)15-31-24)23-7-6-22(29)25(34-23)32-17-27(16-30)8-10-36-11-9-27/h6-7,14-15,18-19,35H,2-5,8-13,17H2,1H3,(H,31,33)(H,32,34)/t18-,19-. The fraction of sp³-hybridized carbons (Fsp3) is 0.593. The predicted octanol–water partition coefficient (Wildman–Crippen LogP) is 4.70. The molecule has 3 fully saturated rings. The minimum atomic E-state index is -0.687. The first-order valence-corrected chi connectivity index (χ1v) is 13.6. The van der Waals surface area contributed by atoms with E-state index in [2.05, 4.69) is 32.0 Å². The van der Waals surface area contributed by atoms with Crippen LogP contribution in [0, 0.1) is 22.6 Å². The molecule has 204 valence electrons. The fourth-order valence-electron chi connectivity index (χ4n) is 5.33. The van der Waals surface area contributed by atoms with Crippen molar-refractivity contribution in [3.8, 4) is 17.3 Å². The molecular formula is C27H34ClFN6O3. The SMILES string of the molecule is CC1(N[C@H]2CC[C@H](Nc3cc(-c4ccc(F)c(NCC5(C#N)CCOCC5)n4)c(Cl)cn3)CC2)OCCO1. The molecule has 2 aliphatic heterocycles. The number of nitriles is 1. The lowest BCUT2D eigenvalue weighted by Gasteiger charge is -2.35. The highest BCUT2D eigenvalue weighted by Crippen LogP contribution is 2.33. The van der Waals surface area contributed by atoms with Crippen molar-refractivity contribution >= 4 is 23.2 Å². The normalized spacial score (nSPS) is 24.5. The highest BCUT2D eigenvalue weighted by atomic mass is 35.5. The molecule has 1 saturated carbocycles. The molecule has 11 heteroatoms. The predicted molar refractivity (Wildman–Crippen MR) is 142 cm³/mol. The highest BCUT2D eigenvalue weighted by Gasteiger charge is 2.35. The van der Waals surface area contributed by atoms with Crippen LogP contribution in [0.15, 0.2) is 24.4 Å². The van der Waals surface area contributed by atoms with Crippen LogP contribution in [0.4, 0.5) is 16.0 Å². The number of nitrogens with one attached hydrogen (secondary N) is 3. The molecule has 38 heavy (non-hydrogen) atoms. The van der Waals surface area contributed by atoms with E-state index in [-0.39, 0.29) is 11.9 Å². The number of rotatable bonds is 8. The molecule has 0 unspecified atom stereocenters. The molecule has 0 spiro atoms. The van der Waals surface area contributed by atoms with Crippen LogP contribution >= 0.6 is 11.6 Å². The Morgan fingerprint density at radius 1 is 1.11 bits per heavy atom. The van der Waals surface area contributed by atoms with Crippen LogP contribution in [0.5, 0.6) is 0 Å². The van der Waals surface area contributed by atoms with Gasteiger partial charge in [-0.1, -0.05) is 11.6 Å². The number of hydrogen-bond donors (Lipinski definition) is 3. The van der Waals surface area contributed by atoms with E-state index >= 15 is 0 Å². The summed E-state index contributed by atoms with van der Waals surface area (Å²) in [7, 11) is 0. The van der Waals surface area contributed by atoms with Crippen LogP contribution in [-0.2, 0) is 14.2 Å². The first-order valence-electron chi connectivity index (χ1n) is 13.2. The van der Waals surface area contributed by atoms with Crippen LogP contribution in [0.3, 0.4) is 0 Å². The van der Waals surface area contributed by atoms with Crippen molar-refractivity contribution in [3.63, 3.8) is 0 Å². The third-order valence-corrected chi connectivity index (χ3v) is 7.94. The summed E-state index contributed by atoms with van der Waals surface area (Å²) in [5.74, 6) is -0.375. The number of hydrogen-bond acceptors (Lipinski definition) is 9. The molecule has 0 aromatic carbocycles. The van der Waals surface area contributed by atoms with Gasteiger partial charge >= 0.3 is 0 Å². The Hall–Kier alpha value is -2.55. The number of halogens is 2. The van der Waals surface area contributed by atoms with Gasteiger partial charge in [0, 0.05) is 50.5 Å². The Labute approximate surface area is 227 Å². The van der Waals surface area contributed by atoms with Gasteiger partial charge < -0.3 is 24.8 Å². The molecule has 1 aliphatic carbocycles. The molecule has 0 radical (unpaired) electrons. The van der Waals surface area contributed by atoms with Gasteiger partial charge in [0.15, 0.2) is 11.6 Å². The van der Waals surface area contributed by atoms with E-state index in [0.29, 0.717) is 74.0 Å². The summed E-state index contributed by atoms with van der Waals surface area (Å²) in [6, 6.07) is 7.81. The van der Waals surface area contributed by atoms with Gasteiger partial charge in [-0.05, 0) is 56.7 Å². The average molecular weight is 545 g/mol. The second-order valence-corrected chi connectivity index (χ2v) is 10.8. The maximum atomic E-state index is 14.6. The van der Waals surface area contributed by atoms with Gasteiger partial charge in [0.1, 0.15) is 5.82 Å². The second-order valence-electron chi connectivity index (χ2n) is 10.4. The lowest BCUT2D eigenvalue weighted by atomic mass is 9.82. The van der Waals surface area contributed by atoms with Crippen LogP contribution in [0.2, 0.25) is 5.02 Å². The van der Waals surface area contributed by atoms with Crippen molar-refractivity contribution in [2.24, 2.45) is 5.41 Å². The van der Waals surface area contributed by atoms with Crippen molar-refractivity contribution in [2.45, 2.75) is 63.4 Å². The molecule has 2 aromatic heterocycles. The van der Waals surface area contributed by atoms with Crippen molar-refractivity contribution in [3.05, 3.63) is 35.2 Å². The van der Waals surface area contributed by atoms with Gasteiger partial charge in [-0.3, -0.25) is 5.32 Å². The third kappa shape index (κ3) is 6.35. The lowest BCUT2D eigenvalue weighted by molar-refractivity contribution is -0.173. The first-order chi connectivity index (χ1) is 18.4. The summed E-state index contributed by atoms with van der Waals surface area (Å²) < 4.78 is 31.4.